The normalized spacial score (nSPS) is 15.8. The monoisotopic (exact) mass is 350 g/mol. The Bertz CT molecular complexity index is 707. The Hall–Kier alpha value is -2.27. The van der Waals surface area contributed by atoms with Gasteiger partial charge in [0, 0.05) is 5.69 Å². The first-order valence-electron chi connectivity index (χ1n) is 7.68. The Kier molecular flexibility index (Phi) is 6.04. The second kappa shape index (κ2) is 8.02. The molecular weight excluding hydrogens is 331 g/mol. The SMILES string of the molecule is Cl.Nc1ccc2c(c1)CCCC2NC(=O)COc1ccc(F)cc1. The zero-order valence-corrected chi connectivity index (χ0v) is 13.9. The van der Waals surface area contributed by atoms with Crippen LogP contribution in [0.3, 0.4) is 0 Å². The fourth-order valence-corrected chi connectivity index (χ4v) is 2.90. The van der Waals surface area contributed by atoms with Gasteiger partial charge in [0.05, 0.1) is 6.04 Å². The number of nitrogens with one attached hydrogen (secondary N) is 1. The molecule has 0 aromatic heterocycles. The van der Waals surface area contributed by atoms with E-state index in [1.165, 1.54) is 29.8 Å². The molecule has 0 saturated heterocycles. The van der Waals surface area contributed by atoms with Crippen molar-refractivity contribution in [2.24, 2.45) is 0 Å². The summed E-state index contributed by atoms with van der Waals surface area (Å²) in [5.41, 5.74) is 8.88. The van der Waals surface area contributed by atoms with Gasteiger partial charge in [-0.3, -0.25) is 4.79 Å². The van der Waals surface area contributed by atoms with Gasteiger partial charge in [-0.2, -0.15) is 0 Å². The molecule has 0 heterocycles. The molecule has 0 radical (unpaired) electrons. The smallest absolute Gasteiger partial charge is 0.258 e. The molecule has 0 bridgehead atoms. The van der Waals surface area contributed by atoms with Crippen LogP contribution in [-0.4, -0.2) is 12.5 Å². The molecule has 1 unspecified atom stereocenters. The van der Waals surface area contributed by atoms with Crippen LogP contribution in [0.1, 0.15) is 30.0 Å². The minimum Gasteiger partial charge on any atom is -0.484 e. The molecule has 0 aliphatic heterocycles. The molecule has 6 heteroatoms. The summed E-state index contributed by atoms with van der Waals surface area (Å²) in [6.45, 7) is -0.0908. The van der Waals surface area contributed by atoms with E-state index in [1.54, 1.807) is 0 Å². The molecule has 4 nitrogen and oxygen atoms in total. The number of hydrogen-bond donors (Lipinski definition) is 2. The fourth-order valence-electron chi connectivity index (χ4n) is 2.90. The number of aryl methyl sites for hydroxylation is 1. The highest BCUT2D eigenvalue weighted by molar-refractivity contribution is 5.85. The lowest BCUT2D eigenvalue weighted by Crippen LogP contribution is -2.34. The Balaban J connectivity index is 0.00000208. The van der Waals surface area contributed by atoms with Crippen LogP contribution in [0.15, 0.2) is 42.5 Å². The highest BCUT2D eigenvalue weighted by Gasteiger charge is 2.21. The molecule has 2 aromatic carbocycles. The molecule has 1 atom stereocenters. The topological polar surface area (TPSA) is 64.3 Å². The average molecular weight is 351 g/mol. The maximum absolute atomic E-state index is 12.8. The van der Waals surface area contributed by atoms with Gasteiger partial charge in [-0.25, -0.2) is 4.39 Å². The second-order valence-corrected chi connectivity index (χ2v) is 5.71. The number of carbonyl (C=O) groups is 1. The average Bonchev–Trinajstić information content (AvgIpc) is 2.54. The first kappa shape index (κ1) is 18.1. The number of benzene rings is 2. The van der Waals surface area contributed by atoms with E-state index >= 15 is 0 Å². The van der Waals surface area contributed by atoms with Crippen LogP contribution in [0.2, 0.25) is 0 Å². The highest BCUT2D eigenvalue weighted by Crippen LogP contribution is 2.30. The van der Waals surface area contributed by atoms with Crippen molar-refractivity contribution < 1.29 is 13.9 Å². The van der Waals surface area contributed by atoms with Gasteiger partial charge in [0.2, 0.25) is 0 Å². The number of fused-ring (bicyclic) bond motifs is 1. The molecule has 1 amide bonds. The maximum atomic E-state index is 12.8. The molecule has 0 fully saturated rings. The van der Waals surface area contributed by atoms with Gasteiger partial charge in [-0.05, 0) is 66.8 Å². The Labute approximate surface area is 146 Å². The molecule has 24 heavy (non-hydrogen) atoms. The first-order chi connectivity index (χ1) is 11.1. The lowest BCUT2D eigenvalue weighted by Gasteiger charge is -2.26. The van der Waals surface area contributed by atoms with E-state index in [1.807, 2.05) is 18.2 Å². The third-order valence-electron chi connectivity index (χ3n) is 4.00. The lowest BCUT2D eigenvalue weighted by molar-refractivity contribution is -0.123. The van der Waals surface area contributed by atoms with Crippen LogP contribution >= 0.6 is 12.4 Å². The largest absolute Gasteiger partial charge is 0.484 e. The number of nitrogens with two attached hydrogens (primary N) is 1. The van der Waals surface area contributed by atoms with E-state index in [0.29, 0.717) is 5.75 Å². The van der Waals surface area contributed by atoms with Crippen molar-refractivity contribution in [1.29, 1.82) is 0 Å². The van der Waals surface area contributed by atoms with E-state index in [-0.39, 0.29) is 36.8 Å². The molecule has 2 aromatic rings. The van der Waals surface area contributed by atoms with Gasteiger partial charge in [0.1, 0.15) is 11.6 Å². The Morgan fingerprint density at radius 2 is 2.00 bits per heavy atom. The summed E-state index contributed by atoms with van der Waals surface area (Å²) in [5, 5.41) is 3.00. The number of carbonyl (C=O) groups excluding carboxylic acids is 1. The van der Waals surface area contributed by atoms with Crippen molar-refractivity contribution in [2.75, 3.05) is 12.3 Å². The van der Waals surface area contributed by atoms with E-state index in [4.69, 9.17) is 10.5 Å². The summed E-state index contributed by atoms with van der Waals surface area (Å²) < 4.78 is 18.2. The van der Waals surface area contributed by atoms with E-state index in [2.05, 4.69) is 5.32 Å². The van der Waals surface area contributed by atoms with Gasteiger partial charge < -0.3 is 15.8 Å². The van der Waals surface area contributed by atoms with E-state index < -0.39 is 0 Å². The van der Waals surface area contributed by atoms with Gasteiger partial charge in [-0.1, -0.05) is 6.07 Å². The zero-order chi connectivity index (χ0) is 16.2. The van der Waals surface area contributed by atoms with E-state index in [9.17, 15) is 9.18 Å². The number of halogens is 2. The summed E-state index contributed by atoms with van der Waals surface area (Å²) in [7, 11) is 0. The molecule has 1 aliphatic carbocycles. The molecule has 128 valence electrons. The van der Waals surface area contributed by atoms with Crippen LogP contribution in [0.25, 0.3) is 0 Å². The fraction of sp³-hybridized carbons (Fsp3) is 0.278. The molecule has 0 spiro atoms. The molecular formula is C18H20ClFN2O2. The van der Waals surface area contributed by atoms with Gasteiger partial charge >= 0.3 is 0 Å². The second-order valence-electron chi connectivity index (χ2n) is 5.71. The van der Waals surface area contributed by atoms with Crippen molar-refractivity contribution in [2.45, 2.75) is 25.3 Å². The predicted octanol–water partition coefficient (Wildman–Crippen LogP) is 3.40. The van der Waals surface area contributed by atoms with Crippen molar-refractivity contribution in [3.8, 4) is 5.75 Å². The molecule has 1 aliphatic rings. The number of amides is 1. The predicted molar refractivity (Wildman–Crippen MR) is 93.8 cm³/mol. The molecule has 3 rings (SSSR count). The van der Waals surface area contributed by atoms with Crippen LogP contribution in [0, 0.1) is 5.82 Å². The summed E-state index contributed by atoms with van der Waals surface area (Å²) in [5.74, 6) is -0.0535. The Morgan fingerprint density at radius 1 is 1.25 bits per heavy atom. The summed E-state index contributed by atoms with van der Waals surface area (Å²) >= 11 is 0. The molecule has 3 N–H and O–H groups in total. The minimum absolute atomic E-state index is 0. The maximum Gasteiger partial charge on any atom is 0.258 e. The number of anilines is 1. The number of ether oxygens (including phenoxy) is 1. The summed E-state index contributed by atoms with van der Waals surface area (Å²) in [4.78, 5) is 12.1. The third-order valence-corrected chi connectivity index (χ3v) is 4.00. The first-order valence-corrected chi connectivity index (χ1v) is 7.68. The van der Waals surface area contributed by atoms with Crippen molar-refractivity contribution in [3.63, 3.8) is 0 Å². The van der Waals surface area contributed by atoms with Crippen LogP contribution in [0.5, 0.6) is 5.75 Å². The van der Waals surface area contributed by atoms with Crippen molar-refractivity contribution >= 4 is 24.0 Å². The van der Waals surface area contributed by atoms with Crippen LogP contribution in [0.4, 0.5) is 10.1 Å². The summed E-state index contributed by atoms with van der Waals surface area (Å²) in [6.07, 6.45) is 2.90. The van der Waals surface area contributed by atoms with Crippen LogP contribution < -0.4 is 15.8 Å². The standard InChI is InChI=1S/C18H19FN2O2.ClH/c19-13-4-7-15(8-5-13)23-11-18(22)21-17-3-1-2-12-10-14(20)6-9-16(12)17;/h4-10,17H,1-3,11,20H2,(H,21,22);1H. The highest BCUT2D eigenvalue weighted by atomic mass is 35.5. The third kappa shape index (κ3) is 4.38. The number of nitrogen functional groups attached to an aromatic ring is 1. The number of rotatable bonds is 4. The van der Waals surface area contributed by atoms with Gasteiger partial charge in [0.25, 0.3) is 5.91 Å². The quantitative estimate of drug-likeness (QED) is 0.831. The van der Waals surface area contributed by atoms with Crippen molar-refractivity contribution in [1.82, 2.24) is 5.32 Å². The lowest BCUT2D eigenvalue weighted by atomic mass is 9.87. The Morgan fingerprint density at radius 3 is 2.75 bits per heavy atom. The van der Waals surface area contributed by atoms with Gasteiger partial charge in [-0.15, -0.1) is 12.4 Å². The van der Waals surface area contributed by atoms with Crippen molar-refractivity contribution in [3.05, 3.63) is 59.4 Å². The zero-order valence-electron chi connectivity index (χ0n) is 13.1. The minimum atomic E-state index is -0.333. The van der Waals surface area contributed by atoms with E-state index in [0.717, 1.165) is 30.5 Å². The van der Waals surface area contributed by atoms with Gasteiger partial charge in [0.15, 0.2) is 6.61 Å². The summed E-state index contributed by atoms with van der Waals surface area (Å²) in [6, 6.07) is 11.4. The number of hydrogen-bond acceptors (Lipinski definition) is 3. The van der Waals surface area contributed by atoms with Crippen LogP contribution in [-0.2, 0) is 11.2 Å². The molecule has 0 saturated carbocycles.